The number of aromatic amines is 1. The second-order valence-electron chi connectivity index (χ2n) is 3.78. The van der Waals surface area contributed by atoms with Crippen molar-refractivity contribution in [2.24, 2.45) is 5.73 Å². The molecule has 104 valence electrons. The number of halogens is 1. The van der Waals surface area contributed by atoms with Gasteiger partial charge in [-0.05, 0) is 18.6 Å². The average molecular weight is 321 g/mol. The van der Waals surface area contributed by atoms with Crippen molar-refractivity contribution in [3.8, 4) is 0 Å². The molecule has 0 fully saturated rings. The van der Waals surface area contributed by atoms with Crippen molar-refractivity contribution in [2.75, 3.05) is 6.54 Å². The lowest BCUT2D eigenvalue weighted by Gasteiger charge is -2.05. The highest BCUT2D eigenvalue weighted by molar-refractivity contribution is 7.89. The maximum absolute atomic E-state index is 12.0. The molecule has 0 spiro atoms. The molecule has 2 rings (SSSR count). The van der Waals surface area contributed by atoms with E-state index in [1.165, 1.54) is 17.5 Å². The van der Waals surface area contributed by atoms with Gasteiger partial charge in [0.1, 0.15) is 0 Å². The molecule has 2 aromatic rings. The number of nitrogens with two attached hydrogens (primary N) is 1. The molecule has 9 heteroatoms. The quantitative estimate of drug-likeness (QED) is 0.742. The summed E-state index contributed by atoms with van der Waals surface area (Å²) in [5.74, 6) is 0. The van der Waals surface area contributed by atoms with E-state index in [2.05, 4.69) is 14.9 Å². The Kier molecular flexibility index (Phi) is 4.58. The number of hydrogen-bond donors (Lipinski definition) is 3. The van der Waals surface area contributed by atoms with Gasteiger partial charge in [-0.25, -0.2) is 13.1 Å². The van der Waals surface area contributed by atoms with Gasteiger partial charge in [0.15, 0.2) is 5.03 Å². The third-order valence-corrected chi connectivity index (χ3v) is 5.23. The van der Waals surface area contributed by atoms with Gasteiger partial charge in [0.25, 0.3) is 10.0 Å². The highest BCUT2D eigenvalue weighted by atomic mass is 35.5. The standard InChI is InChI=1S/C10H13ClN4O2S2/c11-9-2-1-8(18-9)3-4-14-19(16,17)10-7(5-12)6-13-15-10/h1-2,6,14H,3-5,12H2,(H,13,15). The van der Waals surface area contributed by atoms with Gasteiger partial charge in [-0.15, -0.1) is 11.3 Å². The first-order valence-electron chi connectivity index (χ1n) is 5.49. The zero-order valence-corrected chi connectivity index (χ0v) is 12.3. The van der Waals surface area contributed by atoms with Crippen LogP contribution in [0.1, 0.15) is 10.4 Å². The first-order valence-corrected chi connectivity index (χ1v) is 8.17. The normalized spacial score (nSPS) is 11.9. The molecular weight excluding hydrogens is 308 g/mol. The van der Waals surface area contributed by atoms with Crippen molar-refractivity contribution in [1.29, 1.82) is 0 Å². The molecule has 0 aliphatic heterocycles. The van der Waals surface area contributed by atoms with Crippen LogP contribution in [-0.4, -0.2) is 25.2 Å². The van der Waals surface area contributed by atoms with Crippen molar-refractivity contribution in [3.05, 3.63) is 33.1 Å². The van der Waals surface area contributed by atoms with E-state index in [4.69, 9.17) is 17.3 Å². The molecule has 0 saturated carbocycles. The summed E-state index contributed by atoms with van der Waals surface area (Å²) >= 11 is 7.24. The zero-order valence-electron chi connectivity index (χ0n) is 9.89. The first kappa shape index (κ1) is 14.5. The third-order valence-electron chi connectivity index (χ3n) is 2.46. The van der Waals surface area contributed by atoms with Crippen molar-refractivity contribution in [3.63, 3.8) is 0 Å². The SMILES string of the molecule is NCc1cn[nH]c1S(=O)(=O)NCCc1ccc(Cl)s1. The molecule has 0 bridgehead atoms. The van der Waals surface area contributed by atoms with Crippen molar-refractivity contribution in [2.45, 2.75) is 18.0 Å². The minimum atomic E-state index is -3.60. The molecule has 4 N–H and O–H groups in total. The van der Waals surface area contributed by atoms with Crippen LogP contribution in [0.3, 0.4) is 0 Å². The summed E-state index contributed by atoms with van der Waals surface area (Å²) in [6, 6.07) is 3.67. The average Bonchev–Trinajstić information content (AvgIpc) is 2.97. The van der Waals surface area contributed by atoms with Gasteiger partial charge in [0.2, 0.25) is 0 Å². The number of nitrogens with one attached hydrogen (secondary N) is 2. The summed E-state index contributed by atoms with van der Waals surface area (Å²) in [6.07, 6.45) is 2.00. The molecule has 0 radical (unpaired) electrons. The molecule has 0 aromatic carbocycles. The monoisotopic (exact) mass is 320 g/mol. The molecule has 19 heavy (non-hydrogen) atoms. The molecule has 2 aromatic heterocycles. The lowest BCUT2D eigenvalue weighted by Crippen LogP contribution is -2.27. The van der Waals surface area contributed by atoms with Crippen LogP contribution >= 0.6 is 22.9 Å². The van der Waals surface area contributed by atoms with Gasteiger partial charge in [-0.2, -0.15) is 5.10 Å². The summed E-state index contributed by atoms with van der Waals surface area (Å²) < 4.78 is 27.2. The van der Waals surface area contributed by atoms with Crippen LogP contribution in [0.15, 0.2) is 23.4 Å². The Hall–Kier alpha value is -0.930. The fourth-order valence-corrected chi connectivity index (χ4v) is 3.80. The number of sulfonamides is 1. The molecule has 6 nitrogen and oxygen atoms in total. The van der Waals surface area contributed by atoms with Gasteiger partial charge < -0.3 is 5.73 Å². The van der Waals surface area contributed by atoms with E-state index in [9.17, 15) is 8.42 Å². The summed E-state index contributed by atoms with van der Waals surface area (Å²) in [5.41, 5.74) is 5.91. The Morgan fingerprint density at radius 1 is 1.47 bits per heavy atom. The molecule has 0 aliphatic rings. The Bertz CT molecular complexity index is 650. The fraction of sp³-hybridized carbons (Fsp3) is 0.300. The lowest BCUT2D eigenvalue weighted by atomic mass is 10.3. The molecule has 0 saturated heterocycles. The van der Waals surface area contributed by atoms with Crippen molar-refractivity contribution < 1.29 is 8.42 Å². The summed E-state index contributed by atoms with van der Waals surface area (Å²) in [5, 5.41) is 6.17. The second-order valence-corrected chi connectivity index (χ2v) is 7.29. The van der Waals surface area contributed by atoms with Crippen LogP contribution in [0.5, 0.6) is 0 Å². The van der Waals surface area contributed by atoms with Crippen molar-refractivity contribution in [1.82, 2.24) is 14.9 Å². The third kappa shape index (κ3) is 3.54. The van der Waals surface area contributed by atoms with Gasteiger partial charge in [0.05, 0.1) is 10.5 Å². The Morgan fingerprint density at radius 3 is 2.89 bits per heavy atom. The number of nitrogens with zero attached hydrogens (tertiary/aromatic N) is 1. The molecule has 0 atom stereocenters. The minimum absolute atomic E-state index is 0.0270. The van der Waals surface area contributed by atoms with Crippen LogP contribution < -0.4 is 10.5 Å². The summed E-state index contributed by atoms with van der Waals surface area (Å²) in [4.78, 5) is 1.02. The van der Waals surface area contributed by atoms with Gasteiger partial charge in [0, 0.05) is 23.5 Å². The van der Waals surface area contributed by atoms with Gasteiger partial charge in [-0.1, -0.05) is 11.6 Å². The summed E-state index contributed by atoms with van der Waals surface area (Å²) in [6.45, 7) is 0.412. The Morgan fingerprint density at radius 2 is 2.26 bits per heavy atom. The van der Waals surface area contributed by atoms with E-state index in [1.54, 1.807) is 6.07 Å². The number of thiophene rings is 1. The van der Waals surface area contributed by atoms with Crippen LogP contribution in [0, 0.1) is 0 Å². The topological polar surface area (TPSA) is 101 Å². The van der Waals surface area contributed by atoms with Crippen LogP contribution in [-0.2, 0) is 23.0 Å². The molecule has 0 amide bonds. The van der Waals surface area contributed by atoms with E-state index in [0.29, 0.717) is 22.9 Å². The largest absolute Gasteiger partial charge is 0.326 e. The van der Waals surface area contributed by atoms with Crippen LogP contribution in [0.2, 0.25) is 4.34 Å². The van der Waals surface area contributed by atoms with Crippen LogP contribution in [0.25, 0.3) is 0 Å². The highest BCUT2D eigenvalue weighted by Crippen LogP contribution is 2.21. The molecule has 0 unspecified atom stereocenters. The van der Waals surface area contributed by atoms with E-state index in [-0.39, 0.29) is 11.6 Å². The molecular formula is C10H13ClN4O2S2. The number of rotatable bonds is 6. The summed E-state index contributed by atoms with van der Waals surface area (Å²) in [7, 11) is -3.60. The number of aromatic nitrogens is 2. The van der Waals surface area contributed by atoms with Crippen molar-refractivity contribution >= 4 is 33.0 Å². The Labute approximate surface area is 120 Å². The van der Waals surface area contributed by atoms with Gasteiger partial charge in [-0.3, -0.25) is 5.10 Å². The predicted octanol–water partition coefficient (Wildman–Crippen LogP) is 1.10. The predicted molar refractivity (Wildman–Crippen MR) is 74.7 cm³/mol. The molecule has 2 heterocycles. The number of hydrogen-bond acceptors (Lipinski definition) is 5. The fourth-order valence-electron chi connectivity index (χ4n) is 1.54. The smallest absolute Gasteiger partial charge is 0.257 e. The zero-order chi connectivity index (χ0) is 13.9. The number of H-pyrrole nitrogens is 1. The van der Waals surface area contributed by atoms with Crippen LogP contribution in [0.4, 0.5) is 0 Å². The lowest BCUT2D eigenvalue weighted by molar-refractivity contribution is 0.576. The second kappa shape index (κ2) is 6.02. The molecule has 0 aliphatic carbocycles. The first-order chi connectivity index (χ1) is 9.03. The van der Waals surface area contributed by atoms with E-state index < -0.39 is 10.0 Å². The minimum Gasteiger partial charge on any atom is -0.326 e. The maximum Gasteiger partial charge on any atom is 0.257 e. The van der Waals surface area contributed by atoms with Gasteiger partial charge >= 0.3 is 0 Å². The van der Waals surface area contributed by atoms with E-state index in [1.807, 2.05) is 6.07 Å². The van der Waals surface area contributed by atoms with E-state index in [0.717, 1.165) is 4.88 Å². The highest BCUT2D eigenvalue weighted by Gasteiger charge is 2.19. The van der Waals surface area contributed by atoms with E-state index >= 15 is 0 Å². The maximum atomic E-state index is 12.0. The Balaban J connectivity index is 1.98.